The topological polar surface area (TPSA) is 73.3 Å². The van der Waals surface area contributed by atoms with Gasteiger partial charge in [0.1, 0.15) is 0 Å². The fourth-order valence-corrected chi connectivity index (χ4v) is 3.57. The third kappa shape index (κ3) is 3.93. The fraction of sp³-hybridized carbons (Fsp3) is 0.250. The van der Waals surface area contributed by atoms with Crippen molar-refractivity contribution in [2.75, 3.05) is 12.1 Å². The van der Waals surface area contributed by atoms with Crippen LogP contribution < -0.4 is 14.8 Å². The third-order valence-corrected chi connectivity index (χ3v) is 5.15. The van der Waals surface area contributed by atoms with Gasteiger partial charge in [-0.05, 0) is 30.7 Å². The van der Waals surface area contributed by atoms with Crippen LogP contribution in [-0.2, 0) is 4.79 Å². The summed E-state index contributed by atoms with van der Waals surface area (Å²) >= 11 is 1.53. The number of amides is 1. The van der Waals surface area contributed by atoms with E-state index in [1.54, 1.807) is 12.4 Å². The molecular weight excluding hydrogens is 362 g/mol. The molecule has 2 aromatic heterocycles. The van der Waals surface area contributed by atoms with Crippen LogP contribution in [0.1, 0.15) is 26.2 Å². The average molecular weight is 381 g/mol. The van der Waals surface area contributed by atoms with Gasteiger partial charge in [-0.15, -0.1) is 11.3 Å². The zero-order valence-corrected chi connectivity index (χ0v) is 15.7. The molecule has 6 nitrogen and oxygen atoms in total. The van der Waals surface area contributed by atoms with Crippen LogP contribution in [0.3, 0.4) is 0 Å². The van der Waals surface area contributed by atoms with Gasteiger partial charge in [-0.1, -0.05) is 13.3 Å². The van der Waals surface area contributed by atoms with Crippen LogP contribution in [0.15, 0.2) is 42.0 Å². The Labute approximate surface area is 161 Å². The molecular formula is C20H19N3O3S. The summed E-state index contributed by atoms with van der Waals surface area (Å²) in [6, 6.07) is 7.65. The lowest BCUT2D eigenvalue weighted by Gasteiger charge is -2.04. The van der Waals surface area contributed by atoms with Crippen molar-refractivity contribution in [3.8, 4) is 33.3 Å². The number of ether oxygens (including phenoxy) is 2. The van der Waals surface area contributed by atoms with E-state index in [0.717, 1.165) is 46.1 Å². The Hall–Kier alpha value is -2.93. The first-order valence-corrected chi connectivity index (χ1v) is 9.71. The average Bonchev–Trinajstić information content (AvgIpc) is 3.35. The van der Waals surface area contributed by atoms with Crippen molar-refractivity contribution < 1.29 is 14.3 Å². The number of carbonyl (C=O) groups is 1. The SMILES string of the molecule is CCCCC(=O)Nc1csc(-c2cncc(-c3ccc4c(c3)OCO4)n2)c1. The molecule has 7 heteroatoms. The largest absolute Gasteiger partial charge is 0.454 e. The second-order valence-electron chi connectivity index (χ2n) is 6.21. The maximum atomic E-state index is 11.9. The fourth-order valence-electron chi connectivity index (χ4n) is 2.78. The second-order valence-corrected chi connectivity index (χ2v) is 7.12. The van der Waals surface area contributed by atoms with Crippen molar-refractivity contribution in [1.29, 1.82) is 0 Å². The van der Waals surface area contributed by atoms with Crippen LogP contribution in [0.4, 0.5) is 5.69 Å². The normalized spacial score (nSPS) is 12.2. The highest BCUT2D eigenvalue weighted by molar-refractivity contribution is 7.14. The van der Waals surface area contributed by atoms with Gasteiger partial charge < -0.3 is 14.8 Å². The first kappa shape index (κ1) is 17.5. The molecule has 4 rings (SSSR count). The van der Waals surface area contributed by atoms with E-state index in [2.05, 4.69) is 17.2 Å². The van der Waals surface area contributed by atoms with Crippen LogP contribution in [-0.4, -0.2) is 22.7 Å². The van der Waals surface area contributed by atoms with Crippen LogP contribution in [0.2, 0.25) is 0 Å². The number of carbonyl (C=O) groups excluding carboxylic acids is 1. The van der Waals surface area contributed by atoms with Crippen molar-refractivity contribution >= 4 is 22.9 Å². The summed E-state index contributed by atoms with van der Waals surface area (Å²) in [7, 11) is 0. The van der Waals surface area contributed by atoms with E-state index in [-0.39, 0.29) is 12.7 Å². The molecule has 0 saturated heterocycles. The number of aromatic nitrogens is 2. The lowest BCUT2D eigenvalue weighted by atomic mass is 10.1. The van der Waals surface area contributed by atoms with E-state index in [9.17, 15) is 4.79 Å². The molecule has 0 unspecified atom stereocenters. The molecule has 1 aliphatic rings. The maximum absolute atomic E-state index is 11.9. The zero-order valence-electron chi connectivity index (χ0n) is 14.9. The molecule has 1 amide bonds. The number of rotatable bonds is 6. The van der Waals surface area contributed by atoms with Gasteiger partial charge in [-0.2, -0.15) is 0 Å². The smallest absolute Gasteiger partial charge is 0.231 e. The molecule has 0 atom stereocenters. The van der Waals surface area contributed by atoms with Gasteiger partial charge in [0.15, 0.2) is 11.5 Å². The quantitative estimate of drug-likeness (QED) is 0.668. The number of fused-ring (bicyclic) bond motifs is 1. The summed E-state index contributed by atoms with van der Waals surface area (Å²) in [5.41, 5.74) is 3.24. The van der Waals surface area contributed by atoms with E-state index >= 15 is 0 Å². The highest BCUT2D eigenvalue weighted by atomic mass is 32.1. The molecule has 0 saturated carbocycles. The van der Waals surface area contributed by atoms with Gasteiger partial charge in [0.25, 0.3) is 0 Å². The zero-order chi connectivity index (χ0) is 18.6. The van der Waals surface area contributed by atoms with Crippen LogP contribution in [0, 0.1) is 0 Å². The first-order valence-electron chi connectivity index (χ1n) is 8.84. The molecule has 138 valence electrons. The van der Waals surface area contributed by atoms with Crippen LogP contribution in [0.25, 0.3) is 21.8 Å². The number of thiophene rings is 1. The molecule has 0 aliphatic carbocycles. The Bertz CT molecular complexity index is 971. The summed E-state index contributed by atoms with van der Waals surface area (Å²) in [5.74, 6) is 1.50. The van der Waals surface area contributed by atoms with Crippen LogP contribution >= 0.6 is 11.3 Å². The predicted molar refractivity (Wildman–Crippen MR) is 105 cm³/mol. The Morgan fingerprint density at radius 2 is 2.04 bits per heavy atom. The molecule has 0 radical (unpaired) electrons. The highest BCUT2D eigenvalue weighted by Crippen LogP contribution is 2.36. The second kappa shape index (κ2) is 7.75. The first-order chi connectivity index (χ1) is 13.2. The lowest BCUT2D eigenvalue weighted by Crippen LogP contribution is -2.09. The summed E-state index contributed by atoms with van der Waals surface area (Å²) in [6.07, 6.45) is 5.89. The Morgan fingerprint density at radius 3 is 2.93 bits per heavy atom. The van der Waals surface area contributed by atoms with Crippen molar-refractivity contribution in [2.45, 2.75) is 26.2 Å². The number of hydrogen-bond donors (Lipinski definition) is 1. The number of anilines is 1. The van der Waals surface area contributed by atoms with E-state index < -0.39 is 0 Å². The number of unbranched alkanes of at least 4 members (excludes halogenated alkanes) is 1. The van der Waals surface area contributed by atoms with Crippen molar-refractivity contribution in [2.24, 2.45) is 0 Å². The van der Waals surface area contributed by atoms with Gasteiger partial charge >= 0.3 is 0 Å². The van der Waals surface area contributed by atoms with E-state index in [0.29, 0.717) is 12.2 Å². The molecule has 3 aromatic rings. The maximum Gasteiger partial charge on any atom is 0.231 e. The number of hydrogen-bond acceptors (Lipinski definition) is 6. The van der Waals surface area contributed by atoms with Gasteiger partial charge in [0.2, 0.25) is 12.7 Å². The summed E-state index contributed by atoms with van der Waals surface area (Å²) in [5, 5.41) is 4.86. The van der Waals surface area contributed by atoms with Gasteiger partial charge in [0, 0.05) is 17.4 Å². The molecule has 1 N–H and O–H groups in total. The predicted octanol–water partition coefficient (Wildman–Crippen LogP) is 4.73. The summed E-state index contributed by atoms with van der Waals surface area (Å²) < 4.78 is 10.8. The minimum absolute atomic E-state index is 0.0430. The number of nitrogens with zero attached hydrogens (tertiary/aromatic N) is 2. The van der Waals surface area contributed by atoms with Gasteiger partial charge in [-0.3, -0.25) is 9.78 Å². The monoisotopic (exact) mass is 381 g/mol. The molecule has 0 fully saturated rings. The van der Waals surface area contributed by atoms with E-state index in [4.69, 9.17) is 14.5 Å². The number of nitrogens with one attached hydrogen (secondary N) is 1. The Balaban J connectivity index is 1.54. The third-order valence-electron chi connectivity index (χ3n) is 4.20. The van der Waals surface area contributed by atoms with Crippen molar-refractivity contribution in [3.05, 3.63) is 42.0 Å². The minimum Gasteiger partial charge on any atom is -0.454 e. The van der Waals surface area contributed by atoms with Crippen LogP contribution in [0.5, 0.6) is 11.5 Å². The Morgan fingerprint density at radius 1 is 1.19 bits per heavy atom. The Kier molecular flexibility index (Phi) is 5.02. The summed E-state index contributed by atoms with van der Waals surface area (Å²) in [6.45, 7) is 2.31. The molecule has 1 aromatic carbocycles. The molecule has 1 aliphatic heterocycles. The van der Waals surface area contributed by atoms with E-state index in [1.165, 1.54) is 11.3 Å². The van der Waals surface area contributed by atoms with Gasteiger partial charge in [0.05, 0.1) is 34.3 Å². The highest BCUT2D eigenvalue weighted by Gasteiger charge is 2.15. The van der Waals surface area contributed by atoms with Crippen molar-refractivity contribution in [1.82, 2.24) is 9.97 Å². The van der Waals surface area contributed by atoms with Crippen molar-refractivity contribution in [3.63, 3.8) is 0 Å². The molecule has 0 bridgehead atoms. The minimum atomic E-state index is 0.0430. The summed E-state index contributed by atoms with van der Waals surface area (Å²) in [4.78, 5) is 21.9. The van der Waals surface area contributed by atoms with Gasteiger partial charge in [-0.25, -0.2) is 4.98 Å². The lowest BCUT2D eigenvalue weighted by molar-refractivity contribution is -0.116. The molecule has 27 heavy (non-hydrogen) atoms. The van der Waals surface area contributed by atoms with E-state index in [1.807, 2.05) is 29.6 Å². The molecule has 3 heterocycles. The number of benzene rings is 1. The standard InChI is InChI=1S/C20H19N3O3S/c1-2-3-4-20(24)22-14-8-19(27-11-14)16-10-21-9-15(23-16)13-5-6-17-18(7-13)26-12-25-17/h5-11H,2-4,12H2,1H3,(H,22,24). The molecule has 0 spiro atoms.